The maximum Gasteiger partial charge on any atom is 0.0960 e. The zero-order valence-corrected chi connectivity index (χ0v) is 13.4. The van der Waals surface area contributed by atoms with Gasteiger partial charge in [-0.25, -0.2) is 4.98 Å². The predicted octanol–water partition coefficient (Wildman–Crippen LogP) is 3.08. The van der Waals surface area contributed by atoms with Crippen LogP contribution in [0.4, 0.5) is 0 Å². The van der Waals surface area contributed by atoms with Crippen molar-refractivity contribution in [2.45, 2.75) is 36.8 Å². The van der Waals surface area contributed by atoms with Crippen LogP contribution in [-0.2, 0) is 0 Å². The number of nitrogens with zero attached hydrogens (tertiary/aromatic N) is 1. The van der Waals surface area contributed by atoms with Crippen molar-refractivity contribution >= 4 is 27.7 Å². The van der Waals surface area contributed by atoms with Crippen LogP contribution < -0.4 is 5.32 Å². The van der Waals surface area contributed by atoms with Gasteiger partial charge in [-0.1, -0.05) is 6.92 Å². The second-order valence-corrected chi connectivity index (χ2v) is 6.34. The van der Waals surface area contributed by atoms with Crippen molar-refractivity contribution in [1.82, 2.24) is 10.3 Å². The molecule has 2 N–H and O–H groups in total. The van der Waals surface area contributed by atoms with Gasteiger partial charge in [-0.3, -0.25) is 0 Å². The van der Waals surface area contributed by atoms with Gasteiger partial charge >= 0.3 is 0 Å². The molecule has 0 saturated heterocycles. The summed E-state index contributed by atoms with van der Waals surface area (Å²) in [4.78, 5) is 4.32. The molecular weight excluding hydrogens is 312 g/mol. The van der Waals surface area contributed by atoms with E-state index in [4.69, 9.17) is 0 Å². The molecular formula is C13H21BrN2OS. The zero-order valence-electron chi connectivity index (χ0n) is 10.9. The highest BCUT2D eigenvalue weighted by atomic mass is 79.9. The first-order valence-corrected chi connectivity index (χ1v) is 7.98. The van der Waals surface area contributed by atoms with Crippen molar-refractivity contribution in [3.8, 4) is 0 Å². The van der Waals surface area contributed by atoms with Gasteiger partial charge in [-0.15, -0.1) is 11.8 Å². The first kappa shape index (κ1) is 16.0. The maximum atomic E-state index is 9.44. The van der Waals surface area contributed by atoms with Crippen LogP contribution in [0.3, 0.4) is 0 Å². The van der Waals surface area contributed by atoms with Crippen LogP contribution >= 0.6 is 27.7 Å². The van der Waals surface area contributed by atoms with Gasteiger partial charge < -0.3 is 10.4 Å². The highest BCUT2D eigenvalue weighted by molar-refractivity contribution is 9.10. The van der Waals surface area contributed by atoms with E-state index in [1.165, 1.54) is 0 Å². The molecule has 0 spiro atoms. The van der Waals surface area contributed by atoms with E-state index in [1.807, 2.05) is 25.4 Å². The Morgan fingerprint density at radius 3 is 2.78 bits per heavy atom. The van der Waals surface area contributed by atoms with Crippen LogP contribution in [0, 0.1) is 0 Å². The molecule has 0 fully saturated rings. The molecule has 0 aliphatic carbocycles. The molecule has 5 heteroatoms. The van der Waals surface area contributed by atoms with E-state index in [-0.39, 0.29) is 12.1 Å². The third-order valence-electron chi connectivity index (χ3n) is 3.26. The van der Waals surface area contributed by atoms with Crippen LogP contribution in [0.15, 0.2) is 27.8 Å². The third-order valence-corrected chi connectivity index (χ3v) is 4.76. The van der Waals surface area contributed by atoms with Gasteiger partial charge in [0.15, 0.2) is 0 Å². The lowest BCUT2D eigenvalue weighted by atomic mass is 9.92. The highest BCUT2D eigenvalue weighted by Crippen LogP contribution is 2.22. The van der Waals surface area contributed by atoms with Gasteiger partial charge in [-0.2, -0.15) is 0 Å². The van der Waals surface area contributed by atoms with E-state index in [2.05, 4.69) is 33.2 Å². The molecule has 1 unspecified atom stereocenters. The second kappa shape index (κ2) is 8.15. The fourth-order valence-corrected chi connectivity index (χ4v) is 2.81. The monoisotopic (exact) mass is 332 g/mol. The average molecular weight is 333 g/mol. The van der Waals surface area contributed by atoms with Crippen molar-refractivity contribution in [2.24, 2.45) is 0 Å². The number of aliphatic hydroxyl groups excluding tert-OH is 1. The van der Waals surface area contributed by atoms with Crippen molar-refractivity contribution in [2.75, 3.05) is 19.4 Å². The number of aliphatic hydroxyl groups is 1. The van der Waals surface area contributed by atoms with Crippen LogP contribution in [0.2, 0.25) is 0 Å². The molecule has 0 bridgehead atoms. The Balaban J connectivity index is 2.31. The van der Waals surface area contributed by atoms with E-state index in [1.54, 1.807) is 11.8 Å². The number of likely N-dealkylation sites (N-methyl/N-ethyl adjacent to an activating group) is 1. The van der Waals surface area contributed by atoms with Gasteiger partial charge in [0.1, 0.15) is 0 Å². The maximum absolute atomic E-state index is 9.44. The molecule has 3 nitrogen and oxygen atoms in total. The van der Waals surface area contributed by atoms with E-state index >= 15 is 0 Å². The number of thioether (sulfide) groups is 1. The van der Waals surface area contributed by atoms with Crippen LogP contribution in [-0.4, -0.2) is 35.0 Å². The van der Waals surface area contributed by atoms with Crippen molar-refractivity contribution in [1.29, 1.82) is 0 Å². The Morgan fingerprint density at radius 2 is 2.28 bits per heavy atom. The summed E-state index contributed by atoms with van der Waals surface area (Å²) in [5.41, 5.74) is -0.117. The lowest BCUT2D eigenvalue weighted by Gasteiger charge is -2.30. The number of aromatic nitrogens is 1. The first-order chi connectivity index (χ1) is 8.65. The lowest BCUT2D eigenvalue weighted by Crippen LogP contribution is -2.45. The zero-order chi connectivity index (χ0) is 13.4. The number of pyridine rings is 1. The summed E-state index contributed by atoms with van der Waals surface area (Å²) in [6.45, 7) is 2.30. The standard InChI is InChI=1S/C13H21BrN2OS/c1-3-13(10-17,15-2)7-4-8-18-12-6-5-11(14)9-16-12/h5-6,9,15,17H,3-4,7-8,10H2,1-2H3. The normalized spacial score (nSPS) is 14.4. The molecule has 1 aromatic rings. The van der Waals surface area contributed by atoms with E-state index in [9.17, 15) is 5.11 Å². The van der Waals surface area contributed by atoms with Crippen LogP contribution in [0.5, 0.6) is 0 Å². The van der Waals surface area contributed by atoms with E-state index in [0.29, 0.717) is 0 Å². The minimum absolute atomic E-state index is 0.117. The third kappa shape index (κ3) is 4.88. The van der Waals surface area contributed by atoms with Crippen LogP contribution in [0.25, 0.3) is 0 Å². The van der Waals surface area contributed by atoms with E-state index in [0.717, 1.165) is 34.5 Å². The molecule has 0 aliphatic heterocycles. The van der Waals surface area contributed by atoms with Crippen molar-refractivity contribution in [3.05, 3.63) is 22.8 Å². The summed E-state index contributed by atoms with van der Waals surface area (Å²) in [6, 6.07) is 4.03. The highest BCUT2D eigenvalue weighted by Gasteiger charge is 2.23. The molecule has 1 atom stereocenters. The Bertz CT molecular complexity index is 333. The Labute approximate surface area is 122 Å². The predicted molar refractivity (Wildman–Crippen MR) is 81.1 cm³/mol. The molecule has 102 valence electrons. The number of hydrogen-bond acceptors (Lipinski definition) is 4. The minimum atomic E-state index is -0.117. The summed E-state index contributed by atoms with van der Waals surface area (Å²) in [7, 11) is 1.92. The van der Waals surface area contributed by atoms with Gasteiger partial charge in [0, 0.05) is 16.2 Å². The summed E-state index contributed by atoms with van der Waals surface area (Å²) in [6.07, 6.45) is 4.82. The van der Waals surface area contributed by atoms with Gasteiger partial charge in [0.25, 0.3) is 0 Å². The first-order valence-electron chi connectivity index (χ1n) is 6.20. The van der Waals surface area contributed by atoms with Crippen molar-refractivity contribution in [3.63, 3.8) is 0 Å². The smallest absolute Gasteiger partial charge is 0.0960 e. The molecule has 1 aromatic heterocycles. The van der Waals surface area contributed by atoms with Crippen LogP contribution in [0.1, 0.15) is 26.2 Å². The van der Waals surface area contributed by atoms with Gasteiger partial charge in [0.2, 0.25) is 0 Å². The number of halogens is 1. The summed E-state index contributed by atoms with van der Waals surface area (Å²) in [5, 5.41) is 13.7. The Hall–Kier alpha value is -0.100. The summed E-state index contributed by atoms with van der Waals surface area (Å²) >= 11 is 5.13. The number of hydrogen-bond donors (Lipinski definition) is 2. The summed E-state index contributed by atoms with van der Waals surface area (Å²) in [5.74, 6) is 1.03. The Kier molecular flexibility index (Phi) is 7.22. The summed E-state index contributed by atoms with van der Waals surface area (Å²) < 4.78 is 1.01. The number of nitrogens with one attached hydrogen (secondary N) is 1. The average Bonchev–Trinajstić information content (AvgIpc) is 2.42. The molecule has 1 heterocycles. The fourth-order valence-electron chi connectivity index (χ4n) is 1.78. The molecule has 0 saturated carbocycles. The molecule has 18 heavy (non-hydrogen) atoms. The van der Waals surface area contributed by atoms with Gasteiger partial charge in [-0.05, 0) is 60.1 Å². The Morgan fingerprint density at radius 1 is 1.50 bits per heavy atom. The molecule has 0 amide bonds. The largest absolute Gasteiger partial charge is 0.394 e. The van der Waals surface area contributed by atoms with E-state index < -0.39 is 0 Å². The fraction of sp³-hybridized carbons (Fsp3) is 0.615. The topological polar surface area (TPSA) is 45.2 Å². The molecule has 1 rings (SSSR count). The molecule has 0 aliphatic rings. The lowest BCUT2D eigenvalue weighted by molar-refractivity contribution is 0.154. The van der Waals surface area contributed by atoms with Crippen molar-refractivity contribution < 1.29 is 5.11 Å². The SMILES string of the molecule is CCC(CO)(CCCSc1ccc(Br)cn1)NC. The molecule has 0 aromatic carbocycles. The van der Waals surface area contributed by atoms with Gasteiger partial charge in [0.05, 0.1) is 11.6 Å². The second-order valence-electron chi connectivity index (χ2n) is 4.31. The number of rotatable bonds is 8. The quantitative estimate of drug-likeness (QED) is 0.567. The molecule has 0 radical (unpaired) electrons. The minimum Gasteiger partial charge on any atom is -0.394 e.